The molecule has 162 valence electrons. The predicted octanol–water partition coefficient (Wildman–Crippen LogP) is 5.00. The van der Waals surface area contributed by atoms with E-state index in [0.717, 1.165) is 31.4 Å². The van der Waals surface area contributed by atoms with Crippen molar-refractivity contribution in [2.24, 2.45) is 0 Å². The SMILES string of the molecule is COc1ccc(OCC(F)(F)F)cc1[C@H]1CO[C@]2(CCCN[C@H]2c2ccccc2)C1. The molecule has 4 nitrogen and oxygen atoms in total. The molecule has 0 aromatic heterocycles. The van der Waals surface area contributed by atoms with Crippen molar-refractivity contribution in [3.8, 4) is 11.5 Å². The van der Waals surface area contributed by atoms with Gasteiger partial charge in [0.1, 0.15) is 11.5 Å². The zero-order chi connectivity index (χ0) is 21.2. The smallest absolute Gasteiger partial charge is 0.422 e. The molecule has 2 fully saturated rings. The molecule has 2 saturated heterocycles. The van der Waals surface area contributed by atoms with Crippen LogP contribution in [0, 0.1) is 0 Å². The van der Waals surface area contributed by atoms with E-state index in [1.807, 2.05) is 18.2 Å². The molecule has 2 aliphatic heterocycles. The number of hydrogen-bond donors (Lipinski definition) is 1. The monoisotopic (exact) mass is 421 g/mol. The number of methoxy groups -OCH3 is 1. The molecule has 1 N–H and O–H groups in total. The number of hydrogen-bond acceptors (Lipinski definition) is 4. The minimum Gasteiger partial charge on any atom is -0.496 e. The van der Waals surface area contributed by atoms with Crippen LogP contribution in [0.4, 0.5) is 13.2 Å². The third kappa shape index (κ3) is 4.42. The molecule has 2 aromatic rings. The molecule has 0 unspecified atom stereocenters. The fourth-order valence-electron chi connectivity index (χ4n) is 4.69. The molecule has 0 aliphatic carbocycles. The number of ether oxygens (including phenoxy) is 3. The standard InChI is InChI=1S/C23H26F3NO3/c1-28-20-9-8-18(29-15-23(24,25)26)12-19(20)17-13-22(30-14-17)10-5-11-27-21(22)16-6-3-2-4-7-16/h2-4,6-9,12,17,21,27H,5,10-11,13-15H2,1H3/t17-,21+,22-/m1/s1. The van der Waals surface area contributed by atoms with Crippen LogP contribution in [-0.4, -0.2) is 38.6 Å². The topological polar surface area (TPSA) is 39.7 Å². The molecule has 7 heteroatoms. The van der Waals surface area contributed by atoms with Crippen LogP contribution in [0.1, 0.15) is 42.3 Å². The Morgan fingerprint density at radius 3 is 2.70 bits per heavy atom. The largest absolute Gasteiger partial charge is 0.496 e. The summed E-state index contributed by atoms with van der Waals surface area (Å²) in [5.41, 5.74) is 1.66. The molecule has 30 heavy (non-hydrogen) atoms. The lowest BCUT2D eigenvalue weighted by Gasteiger charge is -2.41. The van der Waals surface area contributed by atoms with Crippen molar-refractivity contribution in [2.45, 2.75) is 43.0 Å². The number of alkyl halides is 3. The maximum absolute atomic E-state index is 12.6. The molecule has 2 aromatic carbocycles. The van der Waals surface area contributed by atoms with E-state index >= 15 is 0 Å². The molecule has 0 bridgehead atoms. The summed E-state index contributed by atoms with van der Waals surface area (Å²) in [5, 5.41) is 3.61. The van der Waals surface area contributed by atoms with Crippen LogP contribution in [0.3, 0.4) is 0 Å². The fraction of sp³-hybridized carbons (Fsp3) is 0.478. The average Bonchev–Trinajstić information content (AvgIpc) is 3.16. The van der Waals surface area contributed by atoms with Gasteiger partial charge in [-0.05, 0) is 49.6 Å². The average molecular weight is 421 g/mol. The molecule has 0 amide bonds. The zero-order valence-electron chi connectivity index (χ0n) is 16.9. The Kier molecular flexibility index (Phi) is 5.93. The second-order valence-electron chi connectivity index (χ2n) is 7.99. The number of nitrogens with one attached hydrogen (secondary N) is 1. The maximum Gasteiger partial charge on any atom is 0.422 e. The third-order valence-corrected chi connectivity index (χ3v) is 5.99. The Morgan fingerprint density at radius 1 is 1.17 bits per heavy atom. The number of halogens is 3. The van der Waals surface area contributed by atoms with Gasteiger partial charge in [0.2, 0.25) is 0 Å². The zero-order valence-corrected chi connectivity index (χ0v) is 16.9. The Labute approximate surface area is 174 Å². The summed E-state index contributed by atoms with van der Waals surface area (Å²) in [4.78, 5) is 0. The highest BCUT2D eigenvalue weighted by atomic mass is 19.4. The summed E-state index contributed by atoms with van der Waals surface area (Å²) < 4.78 is 54.6. The Morgan fingerprint density at radius 2 is 1.97 bits per heavy atom. The van der Waals surface area contributed by atoms with Gasteiger partial charge in [-0.1, -0.05) is 30.3 Å². The van der Waals surface area contributed by atoms with Gasteiger partial charge in [-0.15, -0.1) is 0 Å². The summed E-state index contributed by atoms with van der Waals surface area (Å²) in [5.74, 6) is 0.839. The molecule has 4 rings (SSSR count). The summed E-state index contributed by atoms with van der Waals surface area (Å²) in [6, 6.07) is 15.2. The van der Waals surface area contributed by atoms with E-state index < -0.39 is 12.8 Å². The summed E-state index contributed by atoms with van der Waals surface area (Å²) >= 11 is 0. The van der Waals surface area contributed by atoms with Crippen LogP contribution >= 0.6 is 0 Å². The first-order chi connectivity index (χ1) is 14.4. The Balaban J connectivity index is 1.58. The van der Waals surface area contributed by atoms with Gasteiger partial charge in [-0.25, -0.2) is 0 Å². The molecule has 0 radical (unpaired) electrons. The fourth-order valence-corrected chi connectivity index (χ4v) is 4.69. The minimum absolute atomic E-state index is 0.0144. The lowest BCUT2D eigenvalue weighted by molar-refractivity contribution is -0.153. The van der Waals surface area contributed by atoms with Crippen molar-refractivity contribution in [2.75, 3.05) is 26.9 Å². The quantitative estimate of drug-likeness (QED) is 0.737. The van der Waals surface area contributed by atoms with Gasteiger partial charge >= 0.3 is 6.18 Å². The highest BCUT2D eigenvalue weighted by molar-refractivity contribution is 5.43. The van der Waals surface area contributed by atoms with Gasteiger partial charge in [0.25, 0.3) is 0 Å². The Bertz CT molecular complexity index is 859. The number of benzene rings is 2. The van der Waals surface area contributed by atoms with Crippen molar-refractivity contribution in [1.82, 2.24) is 5.32 Å². The normalized spacial score (nSPS) is 26.7. The highest BCUT2D eigenvalue weighted by Crippen LogP contribution is 2.49. The van der Waals surface area contributed by atoms with E-state index in [1.54, 1.807) is 19.2 Å². The van der Waals surface area contributed by atoms with Gasteiger partial charge in [-0.2, -0.15) is 13.2 Å². The van der Waals surface area contributed by atoms with Gasteiger partial charge in [0.15, 0.2) is 6.61 Å². The van der Waals surface area contributed by atoms with Crippen molar-refractivity contribution >= 4 is 0 Å². The second-order valence-corrected chi connectivity index (χ2v) is 7.99. The van der Waals surface area contributed by atoms with Crippen molar-refractivity contribution < 1.29 is 27.4 Å². The molecule has 3 atom stereocenters. The first-order valence-electron chi connectivity index (χ1n) is 10.2. The summed E-state index contributed by atoms with van der Waals surface area (Å²) in [7, 11) is 1.57. The summed E-state index contributed by atoms with van der Waals surface area (Å²) in [6.07, 6.45) is -1.67. The Hall–Kier alpha value is -2.25. The van der Waals surface area contributed by atoms with Crippen LogP contribution in [0.15, 0.2) is 48.5 Å². The van der Waals surface area contributed by atoms with E-state index in [4.69, 9.17) is 14.2 Å². The molecular formula is C23H26F3NO3. The maximum atomic E-state index is 12.6. The first-order valence-corrected chi connectivity index (χ1v) is 10.2. The first kappa shape index (κ1) is 21.0. The highest BCUT2D eigenvalue weighted by Gasteiger charge is 2.49. The lowest BCUT2D eigenvalue weighted by Crippen LogP contribution is -2.48. The predicted molar refractivity (Wildman–Crippen MR) is 107 cm³/mol. The van der Waals surface area contributed by atoms with Crippen LogP contribution in [0.25, 0.3) is 0 Å². The molecule has 2 aliphatic rings. The lowest BCUT2D eigenvalue weighted by atomic mass is 9.77. The van der Waals surface area contributed by atoms with Gasteiger partial charge in [-0.3, -0.25) is 0 Å². The molecular weight excluding hydrogens is 395 g/mol. The van der Waals surface area contributed by atoms with E-state index in [9.17, 15) is 13.2 Å². The summed E-state index contributed by atoms with van der Waals surface area (Å²) in [6.45, 7) is 0.105. The van der Waals surface area contributed by atoms with E-state index in [1.165, 1.54) is 11.6 Å². The van der Waals surface area contributed by atoms with Crippen molar-refractivity contribution in [3.63, 3.8) is 0 Å². The van der Waals surface area contributed by atoms with E-state index in [2.05, 4.69) is 17.4 Å². The van der Waals surface area contributed by atoms with Crippen LogP contribution in [-0.2, 0) is 4.74 Å². The van der Waals surface area contributed by atoms with Crippen molar-refractivity contribution in [1.29, 1.82) is 0 Å². The molecule has 2 heterocycles. The van der Waals surface area contributed by atoms with E-state index in [-0.39, 0.29) is 23.3 Å². The second kappa shape index (κ2) is 8.47. The number of piperidine rings is 1. The van der Waals surface area contributed by atoms with Gasteiger partial charge in [0.05, 0.1) is 25.4 Å². The van der Waals surface area contributed by atoms with Gasteiger partial charge < -0.3 is 19.5 Å². The minimum atomic E-state index is -4.38. The van der Waals surface area contributed by atoms with Crippen LogP contribution in [0.5, 0.6) is 11.5 Å². The molecule has 0 saturated carbocycles. The van der Waals surface area contributed by atoms with Crippen LogP contribution in [0.2, 0.25) is 0 Å². The molecule has 1 spiro atoms. The number of rotatable bonds is 5. The van der Waals surface area contributed by atoms with Crippen molar-refractivity contribution in [3.05, 3.63) is 59.7 Å². The third-order valence-electron chi connectivity index (χ3n) is 5.99. The van der Waals surface area contributed by atoms with Crippen LogP contribution < -0.4 is 14.8 Å². The van der Waals surface area contributed by atoms with E-state index in [0.29, 0.717) is 12.4 Å². The van der Waals surface area contributed by atoms with Gasteiger partial charge in [0, 0.05) is 11.5 Å².